The zero-order valence-corrected chi connectivity index (χ0v) is 20.8. The third-order valence-electron chi connectivity index (χ3n) is 4.67. The van der Waals surface area contributed by atoms with Gasteiger partial charge in [0.25, 0.3) is 0 Å². The summed E-state index contributed by atoms with van der Waals surface area (Å²) in [5.41, 5.74) is 0.901. The maximum absolute atomic E-state index is 6.09. The Bertz CT molecular complexity index is 1200. The van der Waals surface area contributed by atoms with E-state index in [-0.39, 0.29) is 6.61 Å². The number of thioether (sulfide) groups is 1. The van der Waals surface area contributed by atoms with E-state index in [2.05, 4.69) is 10.2 Å². The second kappa shape index (κ2) is 12.0. The molecule has 0 spiro atoms. The summed E-state index contributed by atoms with van der Waals surface area (Å²) >= 11 is 13.7. The van der Waals surface area contributed by atoms with E-state index in [1.807, 2.05) is 78.2 Å². The number of nitrogens with zero attached hydrogens (tertiary/aromatic N) is 3. The SMILES string of the molecule is CCOc1ccc(OCc2nnc(SCCOc3cccc(Cl)c3)n2-c2ccc(Cl)cc2)cc1. The molecule has 0 aliphatic heterocycles. The van der Waals surface area contributed by atoms with Gasteiger partial charge in [-0.1, -0.05) is 41.0 Å². The van der Waals surface area contributed by atoms with E-state index in [0.717, 1.165) is 28.1 Å². The molecule has 0 aliphatic carbocycles. The van der Waals surface area contributed by atoms with E-state index in [0.29, 0.717) is 34.8 Å². The molecule has 0 unspecified atom stereocenters. The quantitative estimate of drug-likeness (QED) is 0.163. The highest BCUT2D eigenvalue weighted by atomic mass is 35.5. The van der Waals surface area contributed by atoms with Gasteiger partial charge in [-0.25, -0.2) is 0 Å². The highest BCUT2D eigenvalue weighted by molar-refractivity contribution is 7.99. The zero-order chi connectivity index (χ0) is 23.8. The monoisotopic (exact) mass is 515 g/mol. The molecule has 0 radical (unpaired) electrons. The molecular formula is C25H23Cl2N3O3S. The van der Waals surface area contributed by atoms with Gasteiger partial charge in [-0.3, -0.25) is 4.57 Å². The van der Waals surface area contributed by atoms with Gasteiger partial charge in [-0.2, -0.15) is 0 Å². The first-order valence-corrected chi connectivity index (χ1v) is 12.4. The van der Waals surface area contributed by atoms with Crippen molar-refractivity contribution in [2.45, 2.75) is 18.7 Å². The van der Waals surface area contributed by atoms with E-state index >= 15 is 0 Å². The first-order chi connectivity index (χ1) is 16.6. The van der Waals surface area contributed by atoms with Crippen molar-refractivity contribution in [1.29, 1.82) is 0 Å². The lowest BCUT2D eigenvalue weighted by Crippen LogP contribution is -2.07. The van der Waals surface area contributed by atoms with Gasteiger partial charge < -0.3 is 14.2 Å². The van der Waals surface area contributed by atoms with Crippen molar-refractivity contribution in [2.75, 3.05) is 19.0 Å². The summed E-state index contributed by atoms with van der Waals surface area (Å²) in [6.07, 6.45) is 0. The number of benzene rings is 3. The average Bonchev–Trinajstić information content (AvgIpc) is 3.25. The standard InChI is InChI=1S/C25H23Cl2N3O3S/c1-2-31-21-10-12-22(13-11-21)33-17-24-28-29-25(30(24)20-8-6-18(26)7-9-20)34-15-14-32-23-5-3-4-19(27)16-23/h3-13,16H,2,14-15,17H2,1H3. The van der Waals surface area contributed by atoms with Gasteiger partial charge in [0.05, 0.1) is 13.2 Å². The fourth-order valence-corrected chi connectivity index (χ4v) is 4.23. The molecule has 0 saturated heterocycles. The normalized spacial score (nSPS) is 10.8. The van der Waals surface area contributed by atoms with Crippen LogP contribution in [0.3, 0.4) is 0 Å². The summed E-state index contributed by atoms with van der Waals surface area (Å²) in [6, 6.07) is 22.4. The van der Waals surface area contributed by atoms with E-state index in [1.54, 1.807) is 17.8 Å². The van der Waals surface area contributed by atoms with Crippen molar-refractivity contribution >= 4 is 35.0 Å². The van der Waals surface area contributed by atoms with Gasteiger partial charge in [-0.05, 0) is 73.7 Å². The van der Waals surface area contributed by atoms with Crippen LogP contribution in [0.2, 0.25) is 10.0 Å². The number of hydrogen-bond donors (Lipinski definition) is 0. The Morgan fingerprint density at radius 3 is 2.24 bits per heavy atom. The Morgan fingerprint density at radius 1 is 0.794 bits per heavy atom. The summed E-state index contributed by atoms with van der Waals surface area (Å²) in [5.74, 6) is 3.61. The van der Waals surface area contributed by atoms with Crippen LogP contribution >= 0.6 is 35.0 Å². The Hall–Kier alpha value is -2.87. The van der Waals surface area contributed by atoms with Crippen molar-refractivity contribution in [3.8, 4) is 22.9 Å². The number of aromatic nitrogens is 3. The average molecular weight is 516 g/mol. The number of ether oxygens (including phenoxy) is 3. The van der Waals surface area contributed by atoms with Gasteiger partial charge >= 0.3 is 0 Å². The Labute approximate surface area is 212 Å². The van der Waals surface area contributed by atoms with Crippen LogP contribution < -0.4 is 14.2 Å². The Kier molecular flexibility index (Phi) is 8.57. The molecule has 0 atom stereocenters. The summed E-state index contributed by atoms with van der Waals surface area (Å²) in [4.78, 5) is 0. The van der Waals surface area contributed by atoms with E-state index in [1.165, 1.54) is 0 Å². The number of halogens is 2. The van der Waals surface area contributed by atoms with Crippen LogP contribution in [0.15, 0.2) is 78.0 Å². The zero-order valence-electron chi connectivity index (χ0n) is 18.5. The molecule has 0 bridgehead atoms. The summed E-state index contributed by atoms with van der Waals surface area (Å²) in [5, 5.41) is 10.8. The molecule has 3 aromatic carbocycles. The van der Waals surface area contributed by atoms with Crippen LogP contribution in [0.5, 0.6) is 17.2 Å². The molecule has 34 heavy (non-hydrogen) atoms. The maximum Gasteiger partial charge on any atom is 0.196 e. The number of hydrogen-bond acceptors (Lipinski definition) is 6. The molecule has 0 fully saturated rings. The van der Waals surface area contributed by atoms with Crippen molar-refractivity contribution < 1.29 is 14.2 Å². The first kappa shape index (κ1) is 24.3. The lowest BCUT2D eigenvalue weighted by atomic mass is 10.3. The number of rotatable bonds is 11. The molecular weight excluding hydrogens is 493 g/mol. The Morgan fingerprint density at radius 2 is 1.53 bits per heavy atom. The van der Waals surface area contributed by atoms with Gasteiger partial charge in [0.1, 0.15) is 23.9 Å². The minimum Gasteiger partial charge on any atom is -0.494 e. The molecule has 0 saturated carbocycles. The van der Waals surface area contributed by atoms with Gasteiger partial charge in [0.15, 0.2) is 11.0 Å². The first-order valence-electron chi connectivity index (χ1n) is 10.7. The predicted molar refractivity (Wildman–Crippen MR) is 136 cm³/mol. The fourth-order valence-electron chi connectivity index (χ4n) is 3.13. The van der Waals surface area contributed by atoms with Crippen molar-refractivity contribution in [1.82, 2.24) is 14.8 Å². The van der Waals surface area contributed by atoms with Crippen molar-refractivity contribution in [3.05, 3.63) is 88.7 Å². The highest BCUT2D eigenvalue weighted by Crippen LogP contribution is 2.25. The second-order valence-electron chi connectivity index (χ2n) is 7.06. The van der Waals surface area contributed by atoms with Crippen LogP contribution in [0.25, 0.3) is 5.69 Å². The molecule has 0 aliphatic rings. The lowest BCUT2D eigenvalue weighted by molar-refractivity contribution is 0.291. The van der Waals surface area contributed by atoms with Gasteiger partial charge in [0.2, 0.25) is 0 Å². The molecule has 176 valence electrons. The van der Waals surface area contributed by atoms with Crippen LogP contribution in [-0.4, -0.2) is 33.7 Å². The molecule has 4 rings (SSSR count). The molecule has 1 heterocycles. The maximum atomic E-state index is 6.09. The van der Waals surface area contributed by atoms with Crippen LogP contribution in [0.1, 0.15) is 12.7 Å². The smallest absolute Gasteiger partial charge is 0.196 e. The molecule has 9 heteroatoms. The largest absolute Gasteiger partial charge is 0.494 e. The molecule has 1 aromatic heterocycles. The van der Waals surface area contributed by atoms with Crippen molar-refractivity contribution in [3.63, 3.8) is 0 Å². The highest BCUT2D eigenvalue weighted by Gasteiger charge is 2.15. The topological polar surface area (TPSA) is 58.4 Å². The van der Waals surface area contributed by atoms with Crippen LogP contribution in [-0.2, 0) is 6.61 Å². The minimum atomic E-state index is 0.253. The lowest BCUT2D eigenvalue weighted by Gasteiger charge is -2.12. The molecule has 4 aromatic rings. The summed E-state index contributed by atoms with van der Waals surface area (Å²) in [7, 11) is 0. The molecule has 0 amide bonds. The van der Waals surface area contributed by atoms with Gasteiger partial charge in [-0.15, -0.1) is 10.2 Å². The van der Waals surface area contributed by atoms with E-state index < -0.39 is 0 Å². The van der Waals surface area contributed by atoms with E-state index in [4.69, 9.17) is 37.4 Å². The third-order valence-corrected chi connectivity index (χ3v) is 6.05. The van der Waals surface area contributed by atoms with Gasteiger partial charge in [0, 0.05) is 21.5 Å². The minimum absolute atomic E-state index is 0.253. The van der Waals surface area contributed by atoms with E-state index in [9.17, 15) is 0 Å². The fraction of sp³-hybridized carbons (Fsp3) is 0.200. The van der Waals surface area contributed by atoms with Crippen molar-refractivity contribution in [2.24, 2.45) is 0 Å². The second-order valence-corrected chi connectivity index (χ2v) is 8.99. The third kappa shape index (κ3) is 6.59. The van der Waals surface area contributed by atoms with Crippen LogP contribution in [0, 0.1) is 0 Å². The summed E-state index contributed by atoms with van der Waals surface area (Å²) < 4.78 is 19.2. The Balaban J connectivity index is 1.45. The molecule has 0 N–H and O–H groups in total. The molecule has 6 nitrogen and oxygen atoms in total. The summed E-state index contributed by atoms with van der Waals surface area (Å²) in [6.45, 7) is 3.32. The predicted octanol–water partition coefficient (Wildman–Crippen LogP) is 6.72. The van der Waals surface area contributed by atoms with Crippen LogP contribution in [0.4, 0.5) is 0 Å².